The van der Waals surface area contributed by atoms with Gasteiger partial charge in [-0.2, -0.15) is 0 Å². The molecule has 1 aliphatic heterocycles. The zero-order chi connectivity index (χ0) is 12.3. The van der Waals surface area contributed by atoms with Gasteiger partial charge >= 0.3 is 0 Å². The second-order valence-corrected chi connectivity index (χ2v) is 4.41. The van der Waals surface area contributed by atoms with Crippen molar-refractivity contribution in [3.05, 3.63) is 33.9 Å². The minimum absolute atomic E-state index is 0.0183. The third-order valence-corrected chi connectivity index (χ3v) is 3.12. The second-order valence-electron chi connectivity index (χ2n) is 4.41. The Morgan fingerprint density at radius 3 is 2.59 bits per heavy atom. The molecule has 1 aromatic carbocycles. The van der Waals surface area contributed by atoms with Gasteiger partial charge in [-0.15, -0.1) is 0 Å². The summed E-state index contributed by atoms with van der Waals surface area (Å²) >= 11 is 0. The Balaban J connectivity index is 2.08. The van der Waals surface area contributed by atoms with Gasteiger partial charge in [-0.25, -0.2) is 0 Å². The van der Waals surface area contributed by atoms with E-state index < -0.39 is 4.92 Å². The normalized spacial score (nSPS) is 16.9. The molecule has 0 spiro atoms. The van der Waals surface area contributed by atoms with E-state index in [2.05, 4.69) is 4.90 Å². The van der Waals surface area contributed by atoms with Crippen LogP contribution in [0, 0.1) is 10.1 Å². The fourth-order valence-corrected chi connectivity index (χ4v) is 2.16. The van der Waals surface area contributed by atoms with Crippen molar-refractivity contribution in [1.82, 2.24) is 4.90 Å². The Bertz CT molecular complexity index is 414. The number of benzene rings is 1. The van der Waals surface area contributed by atoms with Gasteiger partial charge in [0.25, 0.3) is 5.69 Å². The highest BCUT2D eigenvalue weighted by Crippen LogP contribution is 2.25. The van der Waals surface area contributed by atoms with Crippen LogP contribution in [0.4, 0.5) is 5.69 Å². The van der Waals surface area contributed by atoms with E-state index in [0.717, 1.165) is 18.7 Å². The van der Waals surface area contributed by atoms with Crippen molar-refractivity contribution >= 4 is 5.69 Å². The highest BCUT2D eigenvalue weighted by Gasteiger charge is 2.14. The molecule has 0 radical (unpaired) electrons. The number of likely N-dealkylation sites (tertiary alicyclic amines) is 1. The van der Waals surface area contributed by atoms with E-state index in [1.54, 1.807) is 6.07 Å². The molecule has 5 heteroatoms. The van der Waals surface area contributed by atoms with Crippen LogP contribution in [0.2, 0.25) is 0 Å². The van der Waals surface area contributed by atoms with Crippen LogP contribution in [0.1, 0.15) is 24.8 Å². The van der Waals surface area contributed by atoms with E-state index in [-0.39, 0.29) is 11.4 Å². The molecular formula is C12H16N2O3. The monoisotopic (exact) mass is 236 g/mol. The fraction of sp³-hybridized carbons (Fsp3) is 0.500. The highest BCUT2D eigenvalue weighted by molar-refractivity contribution is 5.43. The first-order valence-electron chi connectivity index (χ1n) is 5.85. The van der Waals surface area contributed by atoms with Crippen LogP contribution in [0.3, 0.4) is 0 Å². The zero-order valence-corrected chi connectivity index (χ0v) is 9.63. The number of phenols is 1. The third kappa shape index (κ3) is 2.94. The lowest BCUT2D eigenvalue weighted by Gasteiger charge is -2.26. The first kappa shape index (κ1) is 11.9. The van der Waals surface area contributed by atoms with Crippen LogP contribution in [0.5, 0.6) is 5.75 Å². The maximum absolute atomic E-state index is 10.5. The van der Waals surface area contributed by atoms with Gasteiger partial charge in [-0.1, -0.05) is 6.42 Å². The Kier molecular flexibility index (Phi) is 3.58. The molecule has 1 saturated heterocycles. The number of nitro benzene ring substituents is 1. The molecule has 17 heavy (non-hydrogen) atoms. The molecule has 1 N–H and O–H groups in total. The molecule has 1 heterocycles. The summed E-state index contributed by atoms with van der Waals surface area (Å²) in [5.41, 5.74) is 0.697. The molecule has 0 atom stereocenters. The number of phenolic OH excluding ortho intramolecular Hbond substituents is 1. The lowest BCUT2D eigenvalue weighted by Crippen LogP contribution is -2.29. The molecule has 1 fully saturated rings. The predicted molar refractivity (Wildman–Crippen MR) is 63.9 cm³/mol. The lowest BCUT2D eigenvalue weighted by atomic mass is 10.1. The molecule has 1 aromatic rings. The van der Waals surface area contributed by atoms with Crippen molar-refractivity contribution in [2.24, 2.45) is 0 Å². The Hall–Kier alpha value is -1.62. The molecule has 2 rings (SSSR count). The molecular weight excluding hydrogens is 220 g/mol. The van der Waals surface area contributed by atoms with Gasteiger partial charge in [-0.3, -0.25) is 15.0 Å². The van der Waals surface area contributed by atoms with Crippen LogP contribution in [-0.2, 0) is 6.54 Å². The summed E-state index contributed by atoms with van der Waals surface area (Å²) in [5.74, 6) is 0.0183. The first-order chi connectivity index (χ1) is 8.16. The van der Waals surface area contributed by atoms with Gasteiger partial charge in [0.1, 0.15) is 5.75 Å². The number of nitro groups is 1. The van der Waals surface area contributed by atoms with E-state index in [9.17, 15) is 15.2 Å². The number of nitrogens with zero attached hydrogens (tertiary/aromatic N) is 2. The van der Waals surface area contributed by atoms with Crippen LogP contribution in [-0.4, -0.2) is 28.0 Å². The summed E-state index contributed by atoms with van der Waals surface area (Å²) in [7, 11) is 0. The van der Waals surface area contributed by atoms with E-state index in [1.165, 1.54) is 31.4 Å². The van der Waals surface area contributed by atoms with E-state index in [0.29, 0.717) is 6.54 Å². The molecule has 5 nitrogen and oxygen atoms in total. The molecule has 0 saturated carbocycles. The molecule has 0 aromatic heterocycles. The largest absolute Gasteiger partial charge is 0.507 e. The molecule has 92 valence electrons. The van der Waals surface area contributed by atoms with Crippen LogP contribution in [0.25, 0.3) is 0 Å². The quantitative estimate of drug-likeness (QED) is 0.646. The average molecular weight is 236 g/mol. The van der Waals surface area contributed by atoms with Gasteiger partial charge in [0.2, 0.25) is 0 Å². The number of piperidine rings is 1. The standard InChI is InChI=1S/C12H16N2O3/c15-12-8-11(14(16)17)5-4-10(12)9-13-6-2-1-3-7-13/h4-5,8,15H,1-3,6-7,9H2. The smallest absolute Gasteiger partial charge is 0.273 e. The van der Waals surface area contributed by atoms with Crippen molar-refractivity contribution < 1.29 is 10.0 Å². The highest BCUT2D eigenvalue weighted by atomic mass is 16.6. The fourth-order valence-electron chi connectivity index (χ4n) is 2.16. The maximum atomic E-state index is 10.5. The maximum Gasteiger partial charge on any atom is 0.273 e. The van der Waals surface area contributed by atoms with E-state index >= 15 is 0 Å². The third-order valence-electron chi connectivity index (χ3n) is 3.12. The number of hydrogen-bond donors (Lipinski definition) is 1. The Morgan fingerprint density at radius 1 is 1.29 bits per heavy atom. The molecule has 0 bridgehead atoms. The summed E-state index contributed by atoms with van der Waals surface area (Å²) in [4.78, 5) is 12.3. The van der Waals surface area contributed by atoms with Gasteiger partial charge in [-0.05, 0) is 32.0 Å². The van der Waals surface area contributed by atoms with E-state index in [4.69, 9.17) is 0 Å². The van der Waals surface area contributed by atoms with Gasteiger partial charge in [0, 0.05) is 18.2 Å². The zero-order valence-electron chi connectivity index (χ0n) is 9.63. The number of rotatable bonds is 3. The molecule has 0 aliphatic carbocycles. The first-order valence-corrected chi connectivity index (χ1v) is 5.85. The van der Waals surface area contributed by atoms with E-state index in [1.807, 2.05) is 0 Å². The van der Waals surface area contributed by atoms with Crippen molar-refractivity contribution in [2.75, 3.05) is 13.1 Å². The van der Waals surface area contributed by atoms with Gasteiger partial charge in [0.15, 0.2) is 0 Å². The number of aromatic hydroxyl groups is 1. The van der Waals surface area contributed by atoms with Crippen molar-refractivity contribution in [3.63, 3.8) is 0 Å². The summed E-state index contributed by atoms with van der Waals surface area (Å²) in [6.45, 7) is 2.75. The van der Waals surface area contributed by atoms with Gasteiger partial charge < -0.3 is 5.11 Å². The number of non-ortho nitro benzene ring substituents is 1. The minimum Gasteiger partial charge on any atom is -0.507 e. The molecule has 0 unspecified atom stereocenters. The Morgan fingerprint density at radius 2 is 2.00 bits per heavy atom. The van der Waals surface area contributed by atoms with Crippen LogP contribution < -0.4 is 0 Å². The van der Waals surface area contributed by atoms with Crippen molar-refractivity contribution in [1.29, 1.82) is 0 Å². The lowest BCUT2D eigenvalue weighted by molar-refractivity contribution is -0.384. The summed E-state index contributed by atoms with van der Waals surface area (Å²) in [5, 5.41) is 20.3. The summed E-state index contributed by atoms with van der Waals surface area (Å²) in [6, 6.07) is 4.31. The second kappa shape index (κ2) is 5.14. The van der Waals surface area contributed by atoms with Crippen molar-refractivity contribution in [3.8, 4) is 5.75 Å². The molecule has 1 aliphatic rings. The Labute approximate surface area is 99.8 Å². The SMILES string of the molecule is O=[N+]([O-])c1ccc(CN2CCCCC2)c(O)c1. The topological polar surface area (TPSA) is 66.6 Å². The van der Waals surface area contributed by atoms with Crippen LogP contribution >= 0.6 is 0 Å². The van der Waals surface area contributed by atoms with Crippen molar-refractivity contribution in [2.45, 2.75) is 25.8 Å². The van der Waals surface area contributed by atoms with Gasteiger partial charge in [0.05, 0.1) is 11.0 Å². The number of hydrogen-bond acceptors (Lipinski definition) is 4. The minimum atomic E-state index is -0.496. The summed E-state index contributed by atoms with van der Waals surface area (Å²) in [6.07, 6.45) is 3.64. The molecule has 0 amide bonds. The van der Waals surface area contributed by atoms with Crippen LogP contribution in [0.15, 0.2) is 18.2 Å². The average Bonchev–Trinajstić information content (AvgIpc) is 2.33. The summed E-state index contributed by atoms with van der Waals surface area (Å²) < 4.78 is 0. The predicted octanol–water partition coefficient (Wildman–Crippen LogP) is 2.29.